The Labute approximate surface area is 140 Å². The number of anilines is 1. The topological polar surface area (TPSA) is 61.7 Å². The SMILES string of the molecule is COc1ccnc(N2CCN(C[C@H](O)c3ccccc3F)CC2)n1. The van der Waals surface area contributed by atoms with Crippen molar-refractivity contribution in [3.05, 3.63) is 47.9 Å². The number of halogens is 1. The fourth-order valence-corrected chi connectivity index (χ4v) is 2.82. The van der Waals surface area contributed by atoms with Gasteiger partial charge in [0, 0.05) is 50.6 Å². The highest BCUT2D eigenvalue weighted by Gasteiger charge is 2.22. The maximum Gasteiger partial charge on any atom is 0.228 e. The van der Waals surface area contributed by atoms with Gasteiger partial charge in [-0.1, -0.05) is 18.2 Å². The summed E-state index contributed by atoms with van der Waals surface area (Å²) in [5, 5.41) is 10.3. The first-order chi connectivity index (χ1) is 11.7. The van der Waals surface area contributed by atoms with Crippen LogP contribution in [0.4, 0.5) is 10.3 Å². The van der Waals surface area contributed by atoms with E-state index in [1.54, 1.807) is 37.6 Å². The van der Waals surface area contributed by atoms with E-state index in [1.165, 1.54) is 6.07 Å². The number of aliphatic hydroxyl groups excluding tert-OH is 1. The van der Waals surface area contributed by atoms with Crippen LogP contribution >= 0.6 is 0 Å². The number of hydrogen-bond donors (Lipinski definition) is 1. The second-order valence-electron chi connectivity index (χ2n) is 5.72. The van der Waals surface area contributed by atoms with E-state index in [4.69, 9.17) is 4.74 Å². The molecule has 1 saturated heterocycles. The van der Waals surface area contributed by atoms with Crippen LogP contribution < -0.4 is 9.64 Å². The second-order valence-corrected chi connectivity index (χ2v) is 5.72. The Morgan fingerprint density at radius 1 is 1.21 bits per heavy atom. The summed E-state index contributed by atoms with van der Waals surface area (Å²) in [5.41, 5.74) is 0.344. The van der Waals surface area contributed by atoms with Crippen molar-refractivity contribution >= 4 is 5.95 Å². The average molecular weight is 332 g/mol. The van der Waals surface area contributed by atoms with Crippen LogP contribution in [0, 0.1) is 5.82 Å². The molecule has 0 spiro atoms. The van der Waals surface area contributed by atoms with E-state index < -0.39 is 6.10 Å². The van der Waals surface area contributed by atoms with Crippen molar-refractivity contribution in [2.45, 2.75) is 6.10 Å². The number of rotatable bonds is 5. The zero-order valence-corrected chi connectivity index (χ0v) is 13.6. The number of nitrogens with zero attached hydrogens (tertiary/aromatic N) is 4. The van der Waals surface area contributed by atoms with Crippen LogP contribution in [0.5, 0.6) is 5.88 Å². The molecule has 24 heavy (non-hydrogen) atoms. The van der Waals surface area contributed by atoms with E-state index in [0.29, 0.717) is 23.9 Å². The molecule has 0 amide bonds. The number of methoxy groups -OCH3 is 1. The quantitative estimate of drug-likeness (QED) is 0.895. The molecule has 0 aliphatic carbocycles. The van der Waals surface area contributed by atoms with Crippen molar-refractivity contribution in [2.24, 2.45) is 0 Å². The van der Waals surface area contributed by atoms with Gasteiger partial charge in [-0.3, -0.25) is 4.90 Å². The molecule has 0 saturated carbocycles. The molecule has 6 nitrogen and oxygen atoms in total. The van der Waals surface area contributed by atoms with E-state index in [-0.39, 0.29) is 5.82 Å². The molecule has 1 fully saturated rings. The van der Waals surface area contributed by atoms with E-state index >= 15 is 0 Å². The maximum absolute atomic E-state index is 13.7. The zero-order chi connectivity index (χ0) is 16.9. The smallest absolute Gasteiger partial charge is 0.228 e. The van der Waals surface area contributed by atoms with Gasteiger partial charge in [-0.05, 0) is 6.07 Å². The third-order valence-corrected chi connectivity index (χ3v) is 4.18. The fourth-order valence-electron chi connectivity index (χ4n) is 2.82. The molecule has 0 bridgehead atoms. The van der Waals surface area contributed by atoms with Gasteiger partial charge >= 0.3 is 0 Å². The lowest BCUT2D eigenvalue weighted by atomic mass is 10.1. The highest BCUT2D eigenvalue weighted by Crippen LogP contribution is 2.19. The first-order valence-corrected chi connectivity index (χ1v) is 7.94. The molecule has 7 heteroatoms. The van der Waals surface area contributed by atoms with Gasteiger partial charge in [-0.15, -0.1) is 0 Å². The molecule has 0 unspecified atom stereocenters. The van der Waals surface area contributed by atoms with Gasteiger partial charge < -0.3 is 14.7 Å². The molecule has 3 rings (SSSR count). The predicted octanol–water partition coefficient (Wildman–Crippen LogP) is 1.48. The third kappa shape index (κ3) is 3.80. The van der Waals surface area contributed by atoms with Crippen LogP contribution in [-0.2, 0) is 0 Å². The molecule has 1 aliphatic heterocycles. The van der Waals surface area contributed by atoms with Crippen LogP contribution in [0.25, 0.3) is 0 Å². The zero-order valence-electron chi connectivity index (χ0n) is 13.6. The fraction of sp³-hybridized carbons (Fsp3) is 0.412. The van der Waals surface area contributed by atoms with E-state index in [0.717, 1.165) is 26.2 Å². The van der Waals surface area contributed by atoms with Crippen molar-refractivity contribution in [2.75, 3.05) is 44.7 Å². The summed E-state index contributed by atoms with van der Waals surface area (Å²) in [6.45, 7) is 3.42. The van der Waals surface area contributed by atoms with Gasteiger partial charge in [0.25, 0.3) is 0 Å². The van der Waals surface area contributed by atoms with Gasteiger partial charge in [-0.2, -0.15) is 4.98 Å². The number of aliphatic hydroxyl groups is 1. The molecule has 1 aliphatic rings. The first kappa shape index (κ1) is 16.6. The van der Waals surface area contributed by atoms with E-state index in [1.807, 2.05) is 0 Å². The van der Waals surface area contributed by atoms with Crippen LogP contribution in [0.1, 0.15) is 11.7 Å². The monoisotopic (exact) mass is 332 g/mol. The summed E-state index contributed by atoms with van der Waals surface area (Å²) in [6.07, 6.45) is 0.848. The van der Waals surface area contributed by atoms with Gasteiger partial charge in [0.1, 0.15) is 5.82 Å². The largest absolute Gasteiger partial charge is 0.481 e. The normalized spacial score (nSPS) is 16.9. The molecule has 128 valence electrons. The second kappa shape index (κ2) is 7.55. The lowest BCUT2D eigenvalue weighted by molar-refractivity contribution is 0.106. The number of hydrogen-bond acceptors (Lipinski definition) is 6. The molecule has 1 atom stereocenters. The van der Waals surface area contributed by atoms with Gasteiger partial charge in [0.15, 0.2) is 0 Å². The highest BCUT2D eigenvalue weighted by molar-refractivity contribution is 5.32. The molecule has 1 aromatic heterocycles. The van der Waals surface area contributed by atoms with Crippen LogP contribution in [-0.4, -0.2) is 59.8 Å². The Bertz CT molecular complexity index is 677. The standard InChI is InChI=1S/C17H21FN4O2/c1-24-16-6-7-19-17(20-16)22-10-8-21(9-11-22)12-15(23)13-4-2-3-5-14(13)18/h2-7,15,23H,8-12H2,1H3/t15-/m0/s1. The molecule has 1 N–H and O–H groups in total. The summed E-state index contributed by atoms with van der Waals surface area (Å²) >= 11 is 0. The third-order valence-electron chi connectivity index (χ3n) is 4.18. The maximum atomic E-state index is 13.7. The Morgan fingerprint density at radius 3 is 2.67 bits per heavy atom. The average Bonchev–Trinajstić information content (AvgIpc) is 2.62. The van der Waals surface area contributed by atoms with E-state index in [9.17, 15) is 9.50 Å². The molecule has 0 radical (unpaired) electrons. The van der Waals surface area contributed by atoms with E-state index in [2.05, 4.69) is 19.8 Å². The number of aromatic nitrogens is 2. The molecule has 2 aromatic rings. The van der Waals surface area contributed by atoms with Crippen molar-refractivity contribution in [3.63, 3.8) is 0 Å². The molecular formula is C17H21FN4O2. The Hall–Kier alpha value is -2.25. The summed E-state index contributed by atoms with van der Waals surface area (Å²) in [6, 6.07) is 8.07. The lowest BCUT2D eigenvalue weighted by Crippen LogP contribution is -2.48. The number of ether oxygens (including phenoxy) is 1. The number of β-amino-alcohol motifs (C(OH)–C–C–N with tert-alkyl or cyclic N) is 1. The Kier molecular flexibility index (Phi) is 5.22. The van der Waals surface area contributed by atoms with Crippen LogP contribution in [0.3, 0.4) is 0 Å². The lowest BCUT2D eigenvalue weighted by Gasteiger charge is -2.35. The van der Waals surface area contributed by atoms with Crippen molar-refractivity contribution in [3.8, 4) is 5.88 Å². The Morgan fingerprint density at radius 2 is 1.96 bits per heavy atom. The van der Waals surface area contributed by atoms with Gasteiger partial charge in [0.2, 0.25) is 11.8 Å². The van der Waals surface area contributed by atoms with Gasteiger partial charge in [0.05, 0.1) is 13.2 Å². The van der Waals surface area contributed by atoms with Gasteiger partial charge in [-0.25, -0.2) is 9.37 Å². The molecular weight excluding hydrogens is 311 g/mol. The minimum absolute atomic E-state index is 0.344. The van der Waals surface area contributed by atoms with Crippen LogP contribution in [0.15, 0.2) is 36.5 Å². The summed E-state index contributed by atoms with van der Waals surface area (Å²) in [5.74, 6) is 0.814. The number of benzene rings is 1. The summed E-state index contributed by atoms with van der Waals surface area (Å²) in [7, 11) is 1.58. The molecule has 2 heterocycles. The van der Waals surface area contributed by atoms with Crippen molar-refractivity contribution in [1.82, 2.24) is 14.9 Å². The predicted molar refractivity (Wildman–Crippen MR) is 88.6 cm³/mol. The Balaban J connectivity index is 1.56. The summed E-state index contributed by atoms with van der Waals surface area (Å²) < 4.78 is 18.9. The number of piperazine rings is 1. The first-order valence-electron chi connectivity index (χ1n) is 7.94. The van der Waals surface area contributed by atoms with Crippen LogP contribution in [0.2, 0.25) is 0 Å². The minimum Gasteiger partial charge on any atom is -0.481 e. The molecule has 1 aromatic carbocycles. The minimum atomic E-state index is -0.828. The summed E-state index contributed by atoms with van der Waals surface area (Å²) in [4.78, 5) is 12.8. The van der Waals surface area contributed by atoms with Crippen molar-refractivity contribution in [1.29, 1.82) is 0 Å². The van der Waals surface area contributed by atoms with Crippen molar-refractivity contribution < 1.29 is 14.2 Å². The highest BCUT2D eigenvalue weighted by atomic mass is 19.1.